The smallest absolute Gasteiger partial charge is 0.361 e. The summed E-state index contributed by atoms with van der Waals surface area (Å²) in [5.41, 5.74) is 0. The van der Waals surface area contributed by atoms with Gasteiger partial charge in [0.2, 0.25) is 0 Å². The van der Waals surface area contributed by atoms with Gasteiger partial charge in [-0.25, -0.2) is 4.79 Å². The molecule has 0 radical (unpaired) electrons. The first-order chi connectivity index (χ1) is 33.6. The number of unbranched alkanes of at least 4 members (excludes halogenated alkanes) is 42. The van der Waals surface area contributed by atoms with Gasteiger partial charge in [-0.15, -0.1) is 0 Å². The minimum absolute atomic E-state index is 0.175. The van der Waals surface area contributed by atoms with Crippen LogP contribution in [0.4, 0.5) is 0 Å². The molecule has 9 heteroatoms. The van der Waals surface area contributed by atoms with Crippen molar-refractivity contribution in [2.75, 3.05) is 47.5 Å². The third kappa shape index (κ3) is 53.9. The number of hydrogen-bond donors (Lipinski definition) is 1. The fraction of sp³-hybridized carbons (Fsp3) is 0.950. The molecule has 0 rings (SSSR count). The van der Waals surface area contributed by atoms with E-state index in [1.807, 2.05) is 21.1 Å². The molecule has 0 bridgehead atoms. The number of carbonyl (C=O) groups excluding carboxylic acids is 2. The van der Waals surface area contributed by atoms with Gasteiger partial charge in [0.15, 0.2) is 6.10 Å². The highest BCUT2D eigenvalue weighted by Gasteiger charge is 2.25. The Balaban J connectivity index is 3.80. The zero-order chi connectivity index (χ0) is 50.6. The van der Waals surface area contributed by atoms with Crippen LogP contribution in [0.3, 0.4) is 0 Å². The quantitative estimate of drug-likeness (QED) is 0.0278. The normalized spacial score (nSPS) is 12.7. The predicted molar refractivity (Wildman–Crippen MR) is 291 cm³/mol. The van der Waals surface area contributed by atoms with Crippen molar-refractivity contribution < 1.29 is 42.9 Å². The second-order valence-corrected chi connectivity index (χ2v) is 22.0. The van der Waals surface area contributed by atoms with Crippen molar-refractivity contribution in [2.45, 2.75) is 322 Å². The van der Waals surface area contributed by atoms with E-state index in [1.165, 1.54) is 244 Å². The first kappa shape index (κ1) is 67.3. The Morgan fingerprint density at radius 3 is 0.928 bits per heavy atom. The van der Waals surface area contributed by atoms with Crippen molar-refractivity contribution in [3.05, 3.63) is 0 Å². The van der Waals surface area contributed by atoms with E-state index in [0.717, 1.165) is 38.5 Å². The Labute approximate surface area is 428 Å². The van der Waals surface area contributed by atoms with Gasteiger partial charge in [-0.05, 0) is 12.8 Å². The Hall–Kier alpha value is -1.71. The van der Waals surface area contributed by atoms with E-state index in [9.17, 15) is 19.5 Å². The molecule has 0 heterocycles. The highest BCUT2D eigenvalue weighted by molar-refractivity contribution is 5.71. The van der Waals surface area contributed by atoms with Crippen LogP contribution in [0.15, 0.2) is 0 Å². The van der Waals surface area contributed by atoms with Crippen LogP contribution in [-0.2, 0) is 33.3 Å². The molecule has 9 nitrogen and oxygen atoms in total. The zero-order valence-electron chi connectivity index (χ0n) is 46.8. The van der Waals surface area contributed by atoms with Gasteiger partial charge in [0.05, 0.1) is 34.4 Å². The number of aliphatic carboxylic acids is 1. The highest BCUT2D eigenvalue weighted by Crippen LogP contribution is 2.18. The summed E-state index contributed by atoms with van der Waals surface area (Å²) in [5.74, 6) is -1.99. The summed E-state index contributed by atoms with van der Waals surface area (Å²) >= 11 is 0. The van der Waals surface area contributed by atoms with Gasteiger partial charge in [0.1, 0.15) is 13.2 Å². The lowest BCUT2D eigenvalue weighted by Crippen LogP contribution is -2.40. The Bertz CT molecular complexity index is 1100. The van der Waals surface area contributed by atoms with Gasteiger partial charge in [0, 0.05) is 12.8 Å². The first-order valence-electron chi connectivity index (χ1n) is 30.2. The van der Waals surface area contributed by atoms with Gasteiger partial charge in [-0.1, -0.05) is 284 Å². The zero-order valence-corrected chi connectivity index (χ0v) is 46.8. The molecule has 0 aliphatic carbocycles. The Morgan fingerprint density at radius 1 is 0.377 bits per heavy atom. The van der Waals surface area contributed by atoms with Crippen LogP contribution in [0.1, 0.15) is 309 Å². The summed E-state index contributed by atoms with van der Waals surface area (Å²) in [5, 5.41) is 9.64. The molecule has 2 unspecified atom stereocenters. The van der Waals surface area contributed by atoms with Gasteiger partial charge < -0.3 is 28.5 Å². The molecule has 410 valence electrons. The molecular formula is C60H118NO8+. The van der Waals surface area contributed by atoms with E-state index in [2.05, 4.69) is 13.8 Å². The molecule has 0 aliphatic rings. The molecule has 0 fully saturated rings. The molecule has 0 spiro atoms. The minimum atomic E-state index is -1.50. The Kier molecular flexibility index (Phi) is 51.3. The van der Waals surface area contributed by atoms with E-state index in [-0.39, 0.29) is 38.2 Å². The van der Waals surface area contributed by atoms with Gasteiger partial charge in [-0.2, -0.15) is 0 Å². The number of ether oxygens (including phenoxy) is 4. The van der Waals surface area contributed by atoms with E-state index in [4.69, 9.17) is 18.9 Å². The van der Waals surface area contributed by atoms with Crippen LogP contribution >= 0.6 is 0 Å². The molecule has 0 aromatic rings. The maximum absolute atomic E-state index is 12.8. The van der Waals surface area contributed by atoms with E-state index in [1.54, 1.807) is 0 Å². The number of carbonyl (C=O) groups is 3. The average molecular weight is 982 g/mol. The molecular weight excluding hydrogens is 863 g/mol. The lowest BCUT2D eigenvalue weighted by molar-refractivity contribution is -0.870. The predicted octanol–water partition coefficient (Wildman–Crippen LogP) is 17.6. The summed E-state index contributed by atoms with van der Waals surface area (Å²) in [6.45, 7) is 4.87. The monoisotopic (exact) mass is 981 g/mol. The average Bonchev–Trinajstić information content (AvgIpc) is 3.31. The van der Waals surface area contributed by atoms with Gasteiger partial charge >= 0.3 is 17.9 Å². The Morgan fingerprint density at radius 2 is 0.652 bits per heavy atom. The topological polar surface area (TPSA) is 108 Å². The fourth-order valence-corrected chi connectivity index (χ4v) is 9.19. The second-order valence-electron chi connectivity index (χ2n) is 22.0. The number of likely N-dealkylation sites (N-methyl/N-ethyl adjacent to an activating group) is 1. The highest BCUT2D eigenvalue weighted by atomic mass is 16.7. The van der Waals surface area contributed by atoms with Crippen LogP contribution in [0.25, 0.3) is 0 Å². The fourth-order valence-electron chi connectivity index (χ4n) is 9.19. The van der Waals surface area contributed by atoms with Gasteiger partial charge in [-0.3, -0.25) is 9.59 Å². The standard InChI is InChI=1S/C60H117NO8/c1-6-8-10-12-14-15-16-17-18-19-20-21-22-23-24-25-26-27-28-29-30-31-32-33-34-35-36-37-38-39-40-41-42-43-45-47-49-51-58(63)69-56(54-67-57(62)50-48-46-44-13-11-9-7-2)55-68-60(59(64)65)66-53-52-61(3,4)5/h56,60H,6-55H2,1-5H3/p+1. The number of carboxylic acids is 1. The van der Waals surface area contributed by atoms with E-state index in [0.29, 0.717) is 17.4 Å². The molecule has 1 N–H and O–H groups in total. The lowest BCUT2D eigenvalue weighted by Gasteiger charge is -2.25. The molecule has 69 heavy (non-hydrogen) atoms. The maximum atomic E-state index is 12.8. The van der Waals surface area contributed by atoms with Crippen molar-refractivity contribution in [3.63, 3.8) is 0 Å². The third-order valence-electron chi connectivity index (χ3n) is 13.9. The molecule has 0 saturated heterocycles. The molecule has 0 aromatic heterocycles. The maximum Gasteiger partial charge on any atom is 0.361 e. The van der Waals surface area contributed by atoms with Crippen LogP contribution in [0.5, 0.6) is 0 Å². The van der Waals surface area contributed by atoms with Crippen LogP contribution in [-0.4, -0.2) is 87.4 Å². The SMILES string of the molecule is CCCCCCCCCCCCCCCCCCCCCCCCCCCCCCCCCCCCCCCC(=O)OC(COC(=O)CCCCCCCCC)COC(OCC[N+](C)(C)C)C(=O)O. The lowest BCUT2D eigenvalue weighted by atomic mass is 10.0. The van der Waals surface area contributed by atoms with Crippen molar-refractivity contribution in [3.8, 4) is 0 Å². The second kappa shape index (κ2) is 52.6. The number of quaternary nitrogens is 1. The summed E-state index contributed by atoms with van der Waals surface area (Å²) < 4.78 is 22.7. The van der Waals surface area contributed by atoms with Crippen LogP contribution in [0.2, 0.25) is 0 Å². The summed E-state index contributed by atoms with van der Waals surface area (Å²) in [4.78, 5) is 37.1. The molecule has 0 aliphatic heterocycles. The van der Waals surface area contributed by atoms with E-state index < -0.39 is 18.4 Å². The number of rotatable bonds is 57. The molecule has 2 atom stereocenters. The number of nitrogens with zero attached hydrogens (tertiary/aromatic N) is 1. The van der Waals surface area contributed by atoms with Crippen molar-refractivity contribution in [2.24, 2.45) is 0 Å². The van der Waals surface area contributed by atoms with Crippen molar-refractivity contribution in [1.29, 1.82) is 0 Å². The largest absolute Gasteiger partial charge is 0.477 e. The van der Waals surface area contributed by atoms with E-state index >= 15 is 0 Å². The molecule has 0 saturated carbocycles. The first-order valence-corrected chi connectivity index (χ1v) is 30.2. The third-order valence-corrected chi connectivity index (χ3v) is 13.9. The molecule has 0 aromatic carbocycles. The molecule has 0 amide bonds. The number of esters is 2. The van der Waals surface area contributed by atoms with Crippen molar-refractivity contribution in [1.82, 2.24) is 0 Å². The minimum Gasteiger partial charge on any atom is -0.477 e. The summed E-state index contributed by atoms with van der Waals surface area (Å²) in [6, 6.07) is 0. The van der Waals surface area contributed by atoms with Crippen LogP contribution in [0, 0.1) is 0 Å². The van der Waals surface area contributed by atoms with Crippen LogP contribution < -0.4 is 0 Å². The summed E-state index contributed by atoms with van der Waals surface area (Å²) in [6.07, 6.45) is 56.9. The number of hydrogen-bond acceptors (Lipinski definition) is 7. The van der Waals surface area contributed by atoms with Gasteiger partial charge in [0.25, 0.3) is 6.29 Å². The van der Waals surface area contributed by atoms with Crippen molar-refractivity contribution >= 4 is 17.9 Å². The summed E-state index contributed by atoms with van der Waals surface area (Å²) in [7, 11) is 5.97. The number of carboxylic acid groups (broad SMARTS) is 1.